The Morgan fingerprint density at radius 3 is 1.14 bits per heavy atom. The van der Waals surface area contributed by atoms with Gasteiger partial charge in [0.15, 0.2) is 0 Å². The third-order valence-corrected chi connectivity index (χ3v) is 18.9. The third kappa shape index (κ3) is 23.9. The summed E-state index contributed by atoms with van der Waals surface area (Å²) in [5, 5.41) is 26.8. The summed E-state index contributed by atoms with van der Waals surface area (Å²) < 4.78 is 46.3. The molecule has 0 fully saturated rings. The number of methoxy groups -OCH3 is 2. The molecule has 0 radical (unpaired) electrons. The van der Waals surface area contributed by atoms with Crippen LogP contribution < -0.4 is 63.4 Å². The number of rotatable bonds is 24. The molecule has 18 heteroatoms. The van der Waals surface area contributed by atoms with Crippen LogP contribution in [0.15, 0.2) is 205 Å². The van der Waals surface area contributed by atoms with Crippen LogP contribution in [0.3, 0.4) is 0 Å². The fraction of sp³-hybridized carbons (Fsp3) is 0.292. The van der Waals surface area contributed by atoms with E-state index in [-0.39, 0.29) is 102 Å². The van der Waals surface area contributed by atoms with Crippen LogP contribution in [-0.2, 0) is 43.1 Å². The molecule has 0 aromatic heterocycles. The Balaban J connectivity index is 0.000000207. The molecule has 0 saturated carbocycles. The summed E-state index contributed by atoms with van der Waals surface area (Å²) in [6.45, 7) is 13.0. The second-order valence-electron chi connectivity index (χ2n) is 25.0. The minimum atomic E-state index is -1.43. The first kappa shape index (κ1) is 84.6. The molecule has 0 heterocycles. The quantitative estimate of drug-likeness (QED) is 0.0291. The molecule has 3 aliphatic carbocycles. The van der Waals surface area contributed by atoms with Crippen LogP contribution in [0.1, 0.15) is 166 Å². The molecule has 0 amide bonds. The van der Waals surface area contributed by atoms with Crippen molar-refractivity contribution in [3.63, 3.8) is 0 Å². The Morgan fingerprint density at radius 1 is 0.449 bits per heavy atom. The number of carbonyl (C=O) groups excluding carboxylic acids is 2. The first-order chi connectivity index (χ1) is 51.1. The van der Waals surface area contributed by atoms with Gasteiger partial charge in [0, 0.05) is 4.47 Å². The molecule has 15 nitrogen and oxygen atoms in total. The van der Waals surface area contributed by atoms with Crippen LogP contribution in [0.4, 0.5) is 0 Å². The van der Waals surface area contributed by atoms with Crippen LogP contribution in [0.5, 0.6) is 34.5 Å². The van der Waals surface area contributed by atoms with Gasteiger partial charge in [-0.2, -0.15) is 0 Å². The van der Waals surface area contributed by atoms with Gasteiger partial charge < -0.3 is 58.5 Å². The monoisotopic (exact) mass is 1510 g/mol. The zero-order chi connectivity index (χ0) is 74.6. The maximum atomic E-state index is 11.7. The minimum absolute atomic E-state index is 0. The fourth-order valence-corrected chi connectivity index (χ4v) is 13.8. The molecule has 6 atom stereocenters. The summed E-state index contributed by atoms with van der Waals surface area (Å²) >= 11 is 3.62. The van der Waals surface area contributed by atoms with E-state index in [1.807, 2.05) is 118 Å². The summed E-state index contributed by atoms with van der Waals surface area (Å²) in [4.78, 5) is 34.5. The normalized spacial score (nSPS) is 14.4. The van der Waals surface area contributed by atoms with E-state index in [1.165, 1.54) is 64.3 Å². The molecular weight excluding hydrogens is 1420 g/mol. The van der Waals surface area contributed by atoms with Crippen molar-refractivity contribution >= 4 is 46.4 Å². The standard InChI is InChI=1S/C30H30O4.C29H28O4.C22H21BrO3.C8H11BO3.Na.H2O/c1-4-8-22(20-30(31)32-3)21-13-15-24(16-14-21)34-29-18-17-27-26(11-7-12-28(27)29)23-9-6-10-25(19-23)33-5-2;1-3-7-21(19-29(30)31)20-12-14-23(15-13-20)33-28-17-16-26-25(10-6-11-27(26)28)22-8-5-9-24(18-22)32-4-2;1-3-5-16(14-22(24)25-2)15-8-10-17(11-9-15)26-21-13-12-18-19(21)6-4-7-20(18)23;1-2-12-8-5-3-4-7(6-8)9(10)11;;/h6-7,9-16,19,22,29H,5,17-18,20H2,1-3H3;5-6,8-15,18,21,28H,4,16-17,19H2,1-2H3,(H,30,31);4,6-11,16,21H,12-14H2,1-2H3;3-6,10-11H,2H2,1H3;;1H2/q;;;;+1;/p-1/t22-,29?;21-,28?;16-,21?;;;/m000.../s1. The number of esters is 2. The zero-order valence-corrected chi connectivity index (χ0v) is 65.8. The SMILES string of the molecule is CC#C[C@@H](CC(=O)O)c1ccc(OC2CCc3c(-c4cccc(OCC)c4)cccc32)cc1.CC#C[C@@H](CC(=O)OC)c1ccc(OC2CCc3c(-c4cccc(OCC)c4)cccc32)cc1.CC#C[C@@H](CC(=O)OC)c1ccc(OC2CCc3c(Br)cccc32)cc1.CCOc1cccc(B(O)O)c1.[Na+].[OH-]. The molecule has 548 valence electrons. The summed E-state index contributed by atoms with van der Waals surface area (Å²) in [6, 6.07) is 65.8. The molecule has 4 N–H and O–H groups in total. The van der Waals surface area contributed by atoms with Gasteiger partial charge in [0.2, 0.25) is 0 Å². The van der Waals surface area contributed by atoms with Crippen LogP contribution >= 0.6 is 15.9 Å². The fourth-order valence-electron chi connectivity index (χ4n) is 13.3. The largest absolute Gasteiger partial charge is 1.00 e. The predicted octanol–water partition coefficient (Wildman–Crippen LogP) is 14.7. The smallest absolute Gasteiger partial charge is 0.870 e. The summed E-state index contributed by atoms with van der Waals surface area (Å²) in [7, 11) is 1.37. The predicted molar refractivity (Wildman–Crippen MR) is 418 cm³/mol. The van der Waals surface area contributed by atoms with Crippen LogP contribution in [0.25, 0.3) is 22.3 Å². The number of hydrogen-bond acceptors (Lipinski definition) is 14. The van der Waals surface area contributed by atoms with Crippen molar-refractivity contribution in [2.45, 2.75) is 135 Å². The maximum Gasteiger partial charge on any atom is 1.00 e. The van der Waals surface area contributed by atoms with E-state index in [2.05, 4.69) is 130 Å². The van der Waals surface area contributed by atoms with E-state index < -0.39 is 13.1 Å². The van der Waals surface area contributed by atoms with Crippen molar-refractivity contribution in [1.29, 1.82) is 0 Å². The number of carbonyl (C=O) groups is 3. The average Bonchev–Trinajstić information content (AvgIpc) is 1.67. The Labute approximate surface area is 660 Å². The van der Waals surface area contributed by atoms with Gasteiger partial charge in [-0.05, 0) is 237 Å². The molecule has 9 aromatic rings. The molecule has 107 heavy (non-hydrogen) atoms. The van der Waals surface area contributed by atoms with E-state index in [0.717, 1.165) is 94.0 Å². The topological polar surface area (TPSA) is 216 Å². The Morgan fingerprint density at radius 2 is 0.785 bits per heavy atom. The van der Waals surface area contributed by atoms with Gasteiger partial charge >= 0.3 is 54.6 Å². The number of aliphatic carboxylic acids is 1. The third-order valence-electron chi connectivity index (χ3n) is 18.2. The second-order valence-corrected chi connectivity index (χ2v) is 25.9. The van der Waals surface area contributed by atoms with Gasteiger partial charge in [-0.1, -0.05) is 155 Å². The van der Waals surface area contributed by atoms with Crippen molar-refractivity contribution in [3.05, 3.63) is 255 Å². The van der Waals surface area contributed by atoms with Gasteiger partial charge in [0.25, 0.3) is 0 Å². The number of fused-ring (bicyclic) bond motifs is 3. The first-order valence-electron chi connectivity index (χ1n) is 35.6. The van der Waals surface area contributed by atoms with Gasteiger partial charge in [-0.15, -0.1) is 17.8 Å². The first-order valence-corrected chi connectivity index (χ1v) is 36.3. The van der Waals surface area contributed by atoms with Crippen molar-refractivity contribution in [1.82, 2.24) is 0 Å². The molecule has 0 aliphatic heterocycles. The van der Waals surface area contributed by atoms with Gasteiger partial charge in [0.1, 0.15) is 52.8 Å². The molecule has 3 unspecified atom stereocenters. The van der Waals surface area contributed by atoms with E-state index in [1.54, 1.807) is 45.0 Å². The van der Waals surface area contributed by atoms with Crippen LogP contribution in [0.2, 0.25) is 0 Å². The number of benzene rings is 9. The van der Waals surface area contributed by atoms with E-state index in [9.17, 15) is 14.4 Å². The number of carboxylic acid groups (broad SMARTS) is 1. The van der Waals surface area contributed by atoms with Gasteiger partial charge in [0.05, 0.1) is 71.1 Å². The number of ether oxygens (including phenoxy) is 8. The van der Waals surface area contributed by atoms with E-state index in [0.29, 0.717) is 31.0 Å². The van der Waals surface area contributed by atoms with Gasteiger partial charge in [-0.25, -0.2) is 0 Å². The van der Waals surface area contributed by atoms with Crippen molar-refractivity contribution in [3.8, 4) is 92.3 Å². The second kappa shape index (κ2) is 43.2. The summed E-state index contributed by atoms with van der Waals surface area (Å²) in [5.74, 6) is 20.6. The summed E-state index contributed by atoms with van der Waals surface area (Å²) in [5.41, 5.74) is 15.8. The average molecular weight is 1510 g/mol. The molecule has 0 saturated heterocycles. The molecule has 0 bridgehead atoms. The maximum absolute atomic E-state index is 11.7. The Hall–Kier alpha value is -9.71. The van der Waals surface area contributed by atoms with Crippen molar-refractivity contribution in [2.75, 3.05) is 34.0 Å². The number of halogens is 1. The molecule has 0 spiro atoms. The molecular formula is C89H91BBrNaO15. The van der Waals surface area contributed by atoms with Crippen LogP contribution in [-0.4, -0.2) is 79.7 Å². The van der Waals surface area contributed by atoms with Crippen LogP contribution in [0, 0.1) is 35.5 Å². The summed E-state index contributed by atoms with van der Waals surface area (Å²) in [6.07, 6.45) is 6.34. The Bertz CT molecular complexity index is 4590. The van der Waals surface area contributed by atoms with E-state index >= 15 is 0 Å². The number of carboxylic acids is 1. The van der Waals surface area contributed by atoms with Crippen molar-refractivity contribution in [2.24, 2.45) is 0 Å². The molecule has 9 aromatic carbocycles. The van der Waals surface area contributed by atoms with Gasteiger partial charge in [-0.3, -0.25) is 14.4 Å². The molecule has 3 aliphatic rings. The minimum Gasteiger partial charge on any atom is -0.870 e. The van der Waals surface area contributed by atoms with E-state index in [4.69, 9.17) is 53.0 Å². The number of hydrogen-bond donors (Lipinski definition) is 3. The molecule has 12 rings (SSSR count). The van der Waals surface area contributed by atoms with Crippen molar-refractivity contribution < 1.29 is 102 Å². The zero-order valence-electron chi connectivity index (χ0n) is 62.2. The Kier molecular flexibility index (Phi) is 34.1.